The molecule has 0 bridgehead atoms. The summed E-state index contributed by atoms with van der Waals surface area (Å²) in [6.07, 6.45) is 2.02. The van der Waals surface area contributed by atoms with Gasteiger partial charge in [-0.2, -0.15) is 0 Å². The topological polar surface area (TPSA) is 41.6 Å². The summed E-state index contributed by atoms with van der Waals surface area (Å²) in [5.74, 6) is 0.351. The molecule has 0 spiro atoms. The Morgan fingerprint density at radius 3 is 2.54 bits per heavy atom. The summed E-state index contributed by atoms with van der Waals surface area (Å²) in [6, 6.07) is 15.2. The molecule has 24 heavy (non-hydrogen) atoms. The zero-order chi connectivity index (χ0) is 17.7. The monoisotopic (exact) mass is 383 g/mol. The van der Waals surface area contributed by atoms with Crippen molar-refractivity contribution >= 4 is 52.5 Å². The Labute approximate surface area is 155 Å². The van der Waals surface area contributed by atoms with Gasteiger partial charge in [0.25, 0.3) is 0 Å². The van der Waals surface area contributed by atoms with Crippen LogP contribution in [0.5, 0.6) is 0 Å². The first-order chi connectivity index (χ1) is 11.3. The molecule has 0 radical (unpaired) electrons. The van der Waals surface area contributed by atoms with Gasteiger partial charge in [-0.1, -0.05) is 35.5 Å². The molecule has 0 aliphatic rings. The molecule has 0 aliphatic heterocycles. The van der Waals surface area contributed by atoms with E-state index in [-0.39, 0.29) is 0 Å². The molecule has 2 N–H and O–H groups in total. The van der Waals surface area contributed by atoms with Crippen molar-refractivity contribution in [3.05, 3.63) is 48.5 Å². The number of nitrogens with zero attached hydrogens (tertiary/aromatic N) is 2. The van der Waals surface area contributed by atoms with E-state index in [2.05, 4.69) is 4.99 Å². The number of rotatable bonds is 5. The van der Waals surface area contributed by atoms with Crippen molar-refractivity contribution in [3.8, 4) is 0 Å². The Hall–Kier alpha value is -1.37. The van der Waals surface area contributed by atoms with Crippen molar-refractivity contribution < 1.29 is 4.39 Å². The van der Waals surface area contributed by atoms with Crippen LogP contribution in [0, 0.1) is 0 Å². The molecule has 0 aliphatic carbocycles. The number of guanidine groups is 1. The molecule has 2 rings (SSSR count). The number of hydrogen-bond donors (Lipinski definition) is 1. The molecular formula is C17H19ClFN3S2. The first-order valence-corrected chi connectivity index (χ1v) is 9.59. The van der Waals surface area contributed by atoms with Crippen molar-refractivity contribution in [1.29, 1.82) is 0 Å². The highest BCUT2D eigenvalue weighted by atomic mass is 35.5. The second-order valence-corrected chi connectivity index (χ2v) is 8.39. The lowest BCUT2D eigenvalue weighted by molar-refractivity contribution is 0.433. The van der Waals surface area contributed by atoms with E-state index in [0.29, 0.717) is 16.5 Å². The highest BCUT2D eigenvalue weighted by Gasteiger charge is 2.20. The van der Waals surface area contributed by atoms with Gasteiger partial charge in [0.2, 0.25) is 10.4 Å². The molecule has 0 amide bonds. The Morgan fingerprint density at radius 1 is 1.21 bits per heavy atom. The normalized spacial score (nSPS) is 14.3. The van der Waals surface area contributed by atoms with Crippen LogP contribution in [0.4, 0.5) is 15.8 Å². The minimum Gasteiger partial charge on any atom is -0.369 e. The summed E-state index contributed by atoms with van der Waals surface area (Å²) in [5, 5.41) is 0. The largest absolute Gasteiger partial charge is 0.369 e. The fraction of sp³-hybridized carbons (Fsp3) is 0.235. The van der Waals surface area contributed by atoms with E-state index in [9.17, 15) is 4.39 Å². The summed E-state index contributed by atoms with van der Waals surface area (Å²) in [7, 11) is 1.86. The van der Waals surface area contributed by atoms with Crippen molar-refractivity contribution in [2.75, 3.05) is 18.2 Å². The quantitative estimate of drug-likeness (QED) is 0.322. The van der Waals surface area contributed by atoms with Gasteiger partial charge in [-0.3, -0.25) is 0 Å². The lowest BCUT2D eigenvalue weighted by Gasteiger charge is -2.19. The number of anilines is 1. The third kappa shape index (κ3) is 5.61. The molecule has 0 saturated carbocycles. The minimum atomic E-state index is -1.86. The van der Waals surface area contributed by atoms with Crippen LogP contribution in [-0.2, 0) is 0 Å². The highest BCUT2D eigenvalue weighted by Crippen LogP contribution is 2.38. The average molecular weight is 384 g/mol. The van der Waals surface area contributed by atoms with Gasteiger partial charge in [0.1, 0.15) is 0 Å². The Morgan fingerprint density at radius 2 is 1.88 bits per heavy atom. The van der Waals surface area contributed by atoms with Crippen molar-refractivity contribution in [1.82, 2.24) is 0 Å². The van der Waals surface area contributed by atoms with Crippen molar-refractivity contribution in [2.24, 2.45) is 10.7 Å². The van der Waals surface area contributed by atoms with E-state index in [1.807, 2.05) is 43.6 Å². The Bertz CT molecular complexity index is 732. The lowest BCUT2D eigenvalue weighted by Crippen LogP contribution is -2.33. The van der Waals surface area contributed by atoms with Crippen LogP contribution in [0.2, 0.25) is 0 Å². The second kappa shape index (κ2) is 8.14. The summed E-state index contributed by atoms with van der Waals surface area (Å²) in [6.45, 7) is 1.30. The van der Waals surface area contributed by atoms with Gasteiger partial charge < -0.3 is 10.6 Å². The molecule has 0 heterocycles. The number of benzene rings is 2. The van der Waals surface area contributed by atoms with Crippen LogP contribution in [0.15, 0.2) is 63.3 Å². The molecule has 3 nitrogen and oxygen atoms in total. The number of halogens is 2. The molecule has 0 saturated heterocycles. The number of thioether (sulfide) groups is 2. The first-order valence-electron chi connectivity index (χ1n) is 7.17. The van der Waals surface area contributed by atoms with E-state index < -0.39 is 4.46 Å². The molecule has 2 aromatic rings. The van der Waals surface area contributed by atoms with Crippen LogP contribution in [-0.4, -0.2) is 23.7 Å². The van der Waals surface area contributed by atoms with Crippen molar-refractivity contribution in [3.63, 3.8) is 0 Å². The van der Waals surface area contributed by atoms with E-state index in [4.69, 9.17) is 17.3 Å². The SMILES string of the molecule is CSc1cccc(N(C)C(N)=Nc2cccc(SC(C)(F)Cl)c2)c1. The van der Waals surface area contributed by atoms with E-state index in [0.717, 1.165) is 22.3 Å². The second-order valence-electron chi connectivity index (χ2n) is 5.14. The smallest absolute Gasteiger partial charge is 0.231 e. The average Bonchev–Trinajstić information content (AvgIpc) is 2.53. The summed E-state index contributed by atoms with van der Waals surface area (Å²) in [5.41, 5.74) is 7.71. The summed E-state index contributed by atoms with van der Waals surface area (Å²) < 4.78 is 11.7. The van der Waals surface area contributed by atoms with Crippen LogP contribution < -0.4 is 10.6 Å². The van der Waals surface area contributed by atoms with Gasteiger partial charge in [0.05, 0.1) is 5.69 Å². The van der Waals surface area contributed by atoms with Crippen LogP contribution >= 0.6 is 35.1 Å². The van der Waals surface area contributed by atoms with Gasteiger partial charge in [0.15, 0.2) is 0 Å². The van der Waals surface area contributed by atoms with Gasteiger partial charge in [-0.25, -0.2) is 9.38 Å². The van der Waals surface area contributed by atoms with Crippen LogP contribution in [0.25, 0.3) is 0 Å². The molecule has 7 heteroatoms. The summed E-state index contributed by atoms with van der Waals surface area (Å²) in [4.78, 5) is 8.06. The molecule has 0 aromatic heterocycles. The van der Waals surface area contributed by atoms with E-state index in [1.165, 1.54) is 6.92 Å². The van der Waals surface area contributed by atoms with Crippen LogP contribution in [0.1, 0.15) is 6.92 Å². The number of alkyl halides is 2. The van der Waals surface area contributed by atoms with Gasteiger partial charge in [0, 0.05) is 22.5 Å². The predicted octanol–water partition coefficient (Wildman–Crippen LogP) is 5.47. The maximum Gasteiger partial charge on any atom is 0.231 e. The maximum absolute atomic E-state index is 13.5. The van der Waals surface area contributed by atoms with Gasteiger partial charge >= 0.3 is 0 Å². The molecule has 1 atom stereocenters. The third-order valence-corrected chi connectivity index (χ3v) is 4.95. The zero-order valence-electron chi connectivity index (χ0n) is 13.7. The predicted molar refractivity (Wildman–Crippen MR) is 106 cm³/mol. The van der Waals surface area contributed by atoms with Gasteiger partial charge in [-0.05, 0) is 49.6 Å². The number of aliphatic imine (C=N–C) groups is 1. The minimum absolute atomic E-state index is 0.351. The molecular weight excluding hydrogens is 365 g/mol. The van der Waals surface area contributed by atoms with Crippen molar-refractivity contribution in [2.45, 2.75) is 21.2 Å². The Balaban J connectivity index is 2.22. The number of hydrogen-bond acceptors (Lipinski definition) is 3. The maximum atomic E-state index is 13.5. The van der Waals surface area contributed by atoms with E-state index >= 15 is 0 Å². The summed E-state index contributed by atoms with van der Waals surface area (Å²) >= 11 is 8.20. The standard InChI is InChI=1S/C17H19ClFN3S2/c1-17(18,19)24-15-9-4-6-12(10-15)21-16(20)22(2)13-7-5-8-14(11-13)23-3/h4-11H,1-3H3,(H2,20,21). The van der Waals surface area contributed by atoms with Gasteiger partial charge in [-0.15, -0.1) is 11.8 Å². The molecule has 0 fully saturated rings. The molecule has 128 valence electrons. The molecule has 2 aromatic carbocycles. The third-order valence-electron chi connectivity index (χ3n) is 3.14. The Kier molecular flexibility index (Phi) is 6.43. The number of nitrogens with two attached hydrogens (primary N) is 1. The van der Waals surface area contributed by atoms with Crippen LogP contribution in [0.3, 0.4) is 0 Å². The first kappa shape index (κ1) is 19.0. The molecule has 1 unspecified atom stereocenters. The lowest BCUT2D eigenvalue weighted by atomic mass is 10.3. The highest BCUT2D eigenvalue weighted by molar-refractivity contribution is 8.01. The fourth-order valence-electron chi connectivity index (χ4n) is 1.98. The fourth-order valence-corrected chi connectivity index (χ4v) is 3.44. The van der Waals surface area contributed by atoms with E-state index in [1.54, 1.807) is 34.9 Å². The zero-order valence-corrected chi connectivity index (χ0v) is 16.1.